The summed E-state index contributed by atoms with van der Waals surface area (Å²) in [6.07, 6.45) is -1.56. The molecule has 2 unspecified atom stereocenters. The summed E-state index contributed by atoms with van der Waals surface area (Å²) < 4.78 is 52.9. The molecule has 0 N–H and O–H groups in total. The van der Waals surface area contributed by atoms with Gasteiger partial charge in [-0.15, -0.1) is 0 Å². The number of para-hydroxylation sites is 1. The maximum absolute atomic E-state index is 13.4. The van der Waals surface area contributed by atoms with Crippen LogP contribution in [-0.2, 0) is 11.3 Å². The summed E-state index contributed by atoms with van der Waals surface area (Å²) in [5, 5.41) is 0. The van der Waals surface area contributed by atoms with Crippen molar-refractivity contribution in [3.63, 3.8) is 0 Å². The number of amides is 1. The number of rotatable bonds is 12. The molecule has 2 atom stereocenters. The number of ether oxygens (including phenoxy) is 3. The van der Waals surface area contributed by atoms with E-state index in [0.29, 0.717) is 24.8 Å². The normalized spacial score (nSPS) is 15.1. The second-order valence-electron chi connectivity index (χ2n) is 8.81. The highest BCUT2D eigenvalue weighted by atomic mass is 19.4. The lowest BCUT2D eigenvalue weighted by Gasteiger charge is -2.36. The molecule has 36 heavy (non-hydrogen) atoms. The number of fused-ring (bicyclic) bond motifs is 1. The van der Waals surface area contributed by atoms with Crippen LogP contribution in [-0.4, -0.2) is 37.8 Å². The average Bonchev–Trinajstić information content (AvgIpc) is 2.86. The minimum atomic E-state index is -4.47. The maximum atomic E-state index is 13.4. The van der Waals surface area contributed by atoms with Crippen molar-refractivity contribution < 1.29 is 37.0 Å². The van der Waals surface area contributed by atoms with Crippen LogP contribution in [0.2, 0.25) is 0 Å². The van der Waals surface area contributed by atoms with E-state index in [0.717, 1.165) is 24.1 Å². The van der Waals surface area contributed by atoms with E-state index in [2.05, 4.69) is 0 Å². The standard InChI is InChI=1S/C27H32F3NO5/c1-4-8-20(31-23-10-7-6-9-19(23)16-35-26(31)33)12-11-18(5-2)25(32)22-14-13-21(15-24(22)34-3)36-17-27(28,29)30/h6-7,9-10,13-15,18,20H,4-5,8,11-12,16-17H2,1-3H3. The number of cyclic esters (lactones) is 1. The highest BCUT2D eigenvalue weighted by Gasteiger charge is 2.33. The van der Waals surface area contributed by atoms with E-state index < -0.39 is 12.8 Å². The molecule has 1 aliphatic heterocycles. The number of methoxy groups -OCH3 is 1. The molecule has 0 saturated carbocycles. The molecule has 196 valence electrons. The molecule has 6 nitrogen and oxygen atoms in total. The summed E-state index contributed by atoms with van der Waals surface area (Å²) in [6, 6.07) is 11.6. The first-order valence-electron chi connectivity index (χ1n) is 12.1. The SMILES string of the molecule is CCCC(CCC(CC)C(=O)c1ccc(OCC(F)(F)F)cc1OC)N1C(=O)OCc2ccccc21. The number of hydrogen-bond acceptors (Lipinski definition) is 5. The van der Waals surface area contributed by atoms with E-state index in [4.69, 9.17) is 14.2 Å². The third-order valence-electron chi connectivity index (χ3n) is 6.34. The number of alkyl halides is 3. The number of benzene rings is 2. The molecule has 3 rings (SSSR count). The van der Waals surface area contributed by atoms with Crippen LogP contribution in [0.1, 0.15) is 61.9 Å². The van der Waals surface area contributed by atoms with Gasteiger partial charge >= 0.3 is 12.3 Å². The molecule has 0 radical (unpaired) electrons. The fourth-order valence-electron chi connectivity index (χ4n) is 4.52. The van der Waals surface area contributed by atoms with Gasteiger partial charge in [0.2, 0.25) is 0 Å². The van der Waals surface area contributed by atoms with Crippen LogP contribution in [0.25, 0.3) is 0 Å². The zero-order chi connectivity index (χ0) is 26.3. The molecule has 1 heterocycles. The van der Waals surface area contributed by atoms with Crippen LogP contribution < -0.4 is 14.4 Å². The van der Waals surface area contributed by atoms with Gasteiger partial charge in [-0.3, -0.25) is 9.69 Å². The van der Waals surface area contributed by atoms with Gasteiger partial charge in [0.15, 0.2) is 12.4 Å². The van der Waals surface area contributed by atoms with Crippen molar-refractivity contribution in [2.24, 2.45) is 5.92 Å². The van der Waals surface area contributed by atoms with Crippen LogP contribution in [0.5, 0.6) is 11.5 Å². The van der Waals surface area contributed by atoms with Crippen LogP contribution >= 0.6 is 0 Å². The van der Waals surface area contributed by atoms with Crippen LogP contribution in [0.3, 0.4) is 0 Å². The zero-order valence-electron chi connectivity index (χ0n) is 20.8. The lowest BCUT2D eigenvalue weighted by atomic mass is 9.88. The average molecular weight is 508 g/mol. The van der Waals surface area contributed by atoms with Crippen molar-refractivity contribution in [1.29, 1.82) is 0 Å². The number of carbonyl (C=O) groups is 2. The Balaban J connectivity index is 1.75. The minimum Gasteiger partial charge on any atom is -0.496 e. The van der Waals surface area contributed by atoms with E-state index in [-0.39, 0.29) is 41.9 Å². The van der Waals surface area contributed by atoms with Crippen molar-refractivity contribution in [3.05, 3.63) is 53.6 Å². The van der Waals surface area contributed by atoms with E-state index >= 15 is 0 Å². The molecule has 1 amide bonds. The van der Waals surface area contributed by atoms with Gasteiger partial charge in [-0.2, -0.15) is 13.2 Å². The maximum Gasteiger partial charge on any atom is 0.422 e. The summed E-state index contributed by atoms with van der Waals surface area (Å²) >= 11 is 0. The van der Waals surface area contributed by atoms with Gasteiger partial charge in [0, 0.05) is 23.6 Å². The van der Waals surface area contributed by atoms with Crippen LogP contribution in [0.15, 0.2) is 42.5 Å². The molecular weight excluding hydrogens is 475 g/mol. The van der Waals surface area contributed by atoms with E-state index in [1.807, 2.05) is 38.1 Å². The molecule has 0 fully saturated rings. The lowest BCUT2D eigenvalue weighted by Crippen LogP contribution is -2.44. The summed E-state index contributed by atoms with van der Waals surface area (Å²) in [6.45, 7) is 2.77. The van der Waals surface area contributed by atoms with Gasteiger partial charge in [-0.05, 0) is 43.9 Å². The van der Waals surface area contributed by atoms with Gasteiger partial charge in [0.05, 0.1) is 18.4 Å². The molecule has 2 aromatic carbocycles. The topological polar surface area (TPSA) is 65.1 Å². The number of nitrogens with zero attached hydrogens (tertiary/aromatic N) is 1. The van der Waals surface area contributed by atoms with Crippen LogP contribution in [0.4, 0.5) is 23.7 Å². The second-order valence-corrected chi connectivity index (χ2v) is 8.81. The Bertz CT molecular complexity index is 1060. The minimum absolute atomic E-state index is 0.0286. The molecule has 0 bridgehead atoms. The summed E-state index contributed by atoms with van der Waals surface area (Å²) in [5.41, 5.74) is 2.07. The Kier molecular flexibility index (Phi) is 9.23. The lowest BCUT2D eigenvalue weighted by molar-refractivity contribution is -0.153. The smallest absolute Gasteiger partial charge is 0.422 e. The first-order chi connectivity index (χ1) is 17.2. The molecule has 0 aromatic heterocycles. The predicted octanol–water partition coefficient (Wildman–Crippen LogP) is 6.95. The highest BCUT2D eigenvalue weighted by molar-refractivity contribution is 6.00. The van der Waals surface area contributed by atoms with Crippen LogP contribution in [0, 0.1) is 5.92 Å². The van der Waals surface area contributed by atoms with Crippen molar-refractivity contribution >= 4 is 17.6 Å². The Morgan fingerprint density at radius 2 is 1.86 bits per heavy atom. The largest absolute Gasteiger partial charge is 0.496 e. The second kappa shape index (κ2) is 12.1. The van der Waals surface area contributed by atoms with Gasteiger partial charge in [-0.1, -0.05) is 38.5 Å². The Hall–Kier alpha value is -3.23. The Labute approximate surface area is 209 Å². The fourth-order valence-corrected chi connectivity index (χ4v) is 4.52. The third kappa shape index (κ3) is 6.71. The fraction of sp³-hybridized carbons (Fsp3) is 0.481. The zero-order valence-corrected chi connectivity index (χ0v) is 20.8. The summed E-state index contributed by atoms with van der Waals surface area (Å²) in [7, 11) is 1.36. The van der Waals surface area contributed by atoms with Gasteiger partial charge < -0.3 is 14.2 Å². The third-order valence-corrected chi connectivity index (χ3v) is 6.34. The molecule has 2 aromatic rings. The molecular formula is C27H32F3NO5. The van der Waals surface area contributed by atoms with E-state index in [9.17, 15) is 22.8 Å². The first kappa shape index (κ1) is 27.4. The van der Waals surface area contributed by atoms with E-state index in [1.165, 1.54) is 25.3 Å². The van der Waals surface area contributed by atoms with E-state index in [1.54, 1.807) is 4.90 Å². The molecule has 9 heteroatoms. The Morgan fingerprint density at radius 1 is 1.11 bits per heavy atom. The number of ketones is 1. The first-order valence-corrected chi connectivity index (χ1v) is 12.1. The number of hydrogen-bond donors (Lipinski definition) is 0. The van der Waals surface area contributed by atoms with Gasteiger partial charge in [0.25, 0.3) is 0 Å². The number of Topliss-reactive ketones (excluding diaryl/α,β-unsaturated/α-hetero) is 1. The Morgan fingerprint density at radius 3 is 2.53 bits per heavy atom. The quantitative estimate of drug-likeness (QED) is 0.291. The monoisotopic (exact) mass is 507 g/mol. The van der Waals surface area contributed by atoms with Crippen molar-refractivity contribution in [1.82, 2.24) is 0 Å². The number of carbonyl (C=O) groups excluding carboxylic acids is 2. The van der Waals surface area contributed by atoms with Gasteiger partial charge in [0.1, 0.15) is 18.1 Å². The van der Waals surface area contributed by atoms with Crippen molar-refractivity contribution in [2.45, 2.75) is 64.8 Å². The molecule has 1 aliphatic rings. The molecule has 0 saturated heterocycles. The number of anilines is 1. The van der Waals surface area contributed by atoms with Gasteiger partial charge in [-0.25, -0.2) is 4.79 Å². The predicted molar refractivity (Wildman–Crippen MR) is 130 cm³/mol. The molecule has 0 aliphatic carbocycles. The van der Waals surface area contributed by atoms with Crippen molar-refractivity contribution in [2.75, 3.05) is 18.6 Å². The number of halogens is 3. The summed E-state index contributed by atoms with van der Waals surface area (Å²) in [5.74, 6) is -0.374. The molecule has 0 spiro atoms. The highest BCUT2D eigenvalue weighted by Crippen LogP contribution is 2.34. The summed E-state index contributed by atoms with van der Waals surface area (Å²) in [4.78, 5) is 27.8. The van der Waals surface area contributed by atoms with Crippen molar-refractivity contribution in [3.8, 4) is 11.5 Å².